The van der Waals surface area contributed by atoms with E-state index in [9.17, 15) is 4.79 Å². The quantitative estimate of drug-likeness (QED) is 0.707. The summed E-state index contributed by atoms with van der Waals surface area (Å²) in [6.07, 6.45) is 9.90. The van der Waals surface area contributed by atoms with Gasteiger partial charge in [-0.15, -0.1) is 0 Å². The van der Waals surface area contributed by atoms with Crippen LogP contribution in [-0.2, 0) is 9.53 Å². The van der Waals surface area contributed by atoms with Gasteiger partial charge in [-0.1, -0.05) is 27.2 Å². The molecule has 6 atom stereocenters. The molecule has 114 valence electrons. The molecule has 3 aliphatic carbocycles. The molecule has 6 unspecified atom stereocenters. The lowest BCUT2D eigenvalue weighted by atomic mass is 9.53. The van der Waals surface area contributed by atoms with E-state index in [-0.39, 0.29) is 17.5 Å². The Bertz CT molecular complexity index is 378. The van der Waals surface area contributed by atoms with E-state index in [2.05, 4.69) is 13.8 Å². The molecule has 0 radical (unpaired) electrons. The summed E-state index contributed by atoms with van der Waals surface area (Å²) in [6.45, 7) is 6.44. The van der Waals surface area contributed by atoms with Crippen LogP contribution in [0.15, 0.2) is 0 Å². The predicted octanol–water partition coefficient (Wildman–Crippen LogP) is 4.57. The number of hydrogen-bond donors (Lipinski definition) is 0. The van der Waals surface area contributed by atoms with Crippen molar-refractivity contribution in [1.82, 2.24) is 0 Å². The van der Waals surface area contributed by atoms with Crippen molar-refractivity contribution in [3.63, 3.8) is 0 Å². The molecule has 3 rings (SSSR count). The van der Waals surface area contributed by atoms with Crippen molar-refractivity contribution in [2.75, 3.05) is 0 Å². The minimum absolute atomic E-state index is 0.0568. The van der Waals surface area contributed by atoms with E-state index >= 15 is 0 Å². The summed E-state index contributed by atoms with van der Waals surface area (Å²) in [6, 6.07) is 0. The molecular formula is C18H30O2. The van der Waals surface area contributed by atoms with Crippen molar-refractivity contribution in [2.24, 2.45) is 29.6 Å². The molecule has 0 amide bonds. The van der Waals surface area contributed by atoms with Crippen molar-refractivity contribution >= 4 is 5.97 Å². The average Bonchev–Trinajstić information content (AvgIpc) is 2.44. The summed E-state index contributed by atoms with van der Waals surface area (Å²) < 4.78 is 6.22. The van der Waals surface area contributed by atoms with Crippen molar-refractivity contribution in [3.05, 3.63) is 0 Å². The Labute approximate surface area is 123 Å². The van der Waals surface area contributed by atoms with Crippen LogP contribution in [0.25, 0.3) is 0 Å². The topological polar surface area (TPSA) is 26.3 Å². The van der Waals surface area contributed by atoms with Crippen molar-refractivity contribution < 1.29 is 9.53 Å². The van der Waals surface area contributed by atoms with Crippen LogP contribution < -0.4 is 0 Å². The van der Waals surface area contributed by atoms with Gasteiger partial charge in [-0.2, -0.15) is 0 Å². The van der Waals surface area contributed by atoms with Gasteiger partial charge in [0, 0.05) is 5.92 Å². The Morgan fingerprint density at radius 1 is 1.30 bits per heavy atom. The lowest BCUT2D eigenvalue weighted by Gasteiger charge is -2.56. The monoisotopic (exact) mass is 278 g/mol. The van der Waals surface area contributed by atoms with Crippen LogP contribution in [0.2, 0.25) is 0 Å². The molecule has 0 aromatic carbocycles. The summed E-state index contributed by atoms with van der Waals surface area (Å²) in [4.78, 5) is 12.4. The highest BCUT2D eigenvalue weighted by Gasteiger charge is 2.55. The summed E-state index contributed by atoms with van der Waals surface area (Å²) in [5, 5.41) is 0. The second-order valence-electron chi connectivity index (χ2n) is 7.92. The third-order valence-electron chi connectivity index (χ3n) is 6.47. The third kappa shape index (κ3) is 2.40. The second kappa shape index (κ2) is 5.35. The molecule has 3 fully saturated rings. The fourth-order valence-electron chi connectivity index (χ4n) is 5.22. The Balaban J connectivity index is 1.82. The molecule has 3 saturated carbocycles. The second-order valence-corrected chi connectivity index (χ2v) is 7.92. The molecule has 20 heavy (non-hydrogen) atoms. The normalized spacial score (nSPS) is 44.8. The number of carbonyl (C=O) groups excluding carboxylic acids is 1. The molecule has 0 aromatic rings. The number of carbonyl (C=O) groups is 1. The standard InChI is InChI=1S/C18H30O2/c1-4-13(3)17(19)20-18-8-7-14-5-6-15(16(18)10-14)9-12(2)11-18/h12-16H,4-11H2,1-3H3. The van der Waals surface area contributed by atoms with Crippen molar-refractivity contribution in [1.29, 1.82) is 0 Å². The van der Waals surface area contributed by atoms with Crippen LogP contribution in [0, 0.1) is 29.6 Å². The molecule has 0 aliphatic heterocycles. The summed E-state index contributed by atoms with van der Waals surface area (Å²) in [5.74, 6) is 3.24. The van der Waals surface area contributed by atoms with Gasteiger partial charge in [0.2, 0.25) is 0 Å². The zero-order chi connectivity index (χ0) is 14.3. The fraction of sp³-hybridized carbons (Fsp3) is 0.944. The number of rotatable bonds is 3. The predicted molar refractivity (Wildman–Crippen MR) is 80.2 cm³/mol. The molecule has 2 nitrogen and oxygen atoms in total. The first-order valence-corrected chi connectivity index (χ1v) is 8.77. The minimum Gasteiger partial charge on any atom is -0.459 e. The van der Waals surface area contributed by atoms with Crippen LogP contribution in [0.1, 0.15) is 72.1 Å². The van der Waals surface area contributed by atoms with Gasteiger partial charge in [-0.25, -0.2) is 0 Å². The summed E-state index contributed by atoms with van der Waals surface area (Å²) >= 11 is 0. The number of ether oxygens (including phenoxy) is 1. The van der Waals surface area contributed by atoms with Crippen LogP contribution in [0.5, 0.6) is 0 Å². The Hall–Kier alpha value is -0.530. The van der Waals surface area contributed by atoms with E-state index in [1.165, 1.54) is 32.1 Å². The third-order valence-corrected chi connectivity index (χ3v) is 6.47. The Morgan fingerprint density at radius 3 is 2.85 bits per heavy atom. The first kappa shape index (κ1) is 14.4. The van der Waals surface area contributed by atoms with Gasteiger partial charge in [0.15, 0.2) is 0 Å². The first-order valence-electron chi connectivity index (χ1n) is 8.77. The lowest BCUT2D eigenvalue weighted by molar-refractivity contribution is -0.198. The van der Waals surface area contributed by atoms with Gasteiger partial charge in [0.1, 0.15) is 5.60 Å². The highest BCUT2D eigenvalue weighted by molar-refractivity contribution is 5.72. The minimum atomic E-state index is -0.0975. The highest BCUT2D eigenvalue weighted by atomic mass is 16.6. The molecule has 0 aromatic heterocycles. The van der Waals surface area contributed by atoms with E-state index in [4.69, 9.17) is 4.74 Å². The Morgan fingerprint density at radius 2 is 2.10 bits per heavy atom. The molecule has 0 saturated heterocycles. The molecule has 2 heteroatoms. The number of esters is 1. The lowest BCUT2D eigenvalue weighted by Crippen LogP contribution is -2.55. The average molecular weight is 278 g/mol. The van der Waals surface area contributed by atoms with E-state index in [1.807, 2.05) is 6.92 Å². The molecule has 0 spiro atoms. The van der Waals surface area contributed by atoms with Crippen molar-refractivity contribution in [3.8, 4) is 0 Å². The molecule has 0 heterocycles. The van der Waals surface area contributed by atoms with Crippen LogP contribution in [0.3, 0.4) is 0 Å². The van der Waals surface area contributed by atoms with E-state index in [1.54, 1.807) is 0 Å². The van der Waals surface area contributed by atoms with Gasteiger partial charge < -0.3 is 4.74 Å². The Kier molecular flexibility index (Phi) is 3.85. The SMILES string of the molecule is CCC(C)C(=O)OC12CCC3CCC(CC(C)C1)C2C3. The fourth-order valence-corrected chi connectivity index (χ4v) is 5.22. The maximum Gasteiger partial charge on any atom is 0.309 e. The molecule has 2 bridgehead atoms. The zero-order valence-electron chi connectivity index (χ0n) is 13.4. The zero-order valence-corrected chi connectivity index (χ0v) is 13.4. The van der Waals surface area contributed by atoms with Gasteiger partial charge in [0.25, 0.3) is 0 Å². The number of hydrogen-bond acceptors (Lipinski definition) is 2. The summed E-state index contributed by atoms with van der Waals surface area (Å²) in [7, 11) is 0. The smallest absolute Gasteiger partial charge is 0.309 e. The van der Waals surface area contributed by atoms with E-state index < -0.39 is 0 Å². The van der Waals surface area contributed by atoms with Crippen LogP contribution >= 0.6 is 0 Å². The largest absolute Gasteiger partial charge is 0.459 e. The molecular weight excluding hydrogens is 248 g/mol. The van der Waals surface area contributed by atoms with Gasteiger partial charge in [0.05, 0.1) is 5.92 Å². The van der Waals surface area contributed by atoms with Gasteiger partial charge in [-0.05, 0) is 62.7 Å². The van der Waals surface area contributed by atoms with E-state index in [0.29, 0.717) is 5.92 Å². The molecule has 0 N–H and O–H groups in total. The molecule has 3 aliphatic rings. The summed E-state index contributed by atoms with van der Waals surface area (Å²) in [5.41, 5.74) is -0.0975. The maximum absolute atomic E-state index is 12.4. The van der Waals surface area contributed by atoms with E-state index in [0.717, 1.165) is 37.0 Å². The first-order chi connectivity index (χ1) is 9.54. The van der Waals surface area contributed by atoms with Gasteiger partial charge in [-0.3, -0.25) is 4.79 Å². The van der Waals surface area contributed by atoms with Gasteiger partial charge >= 0.3 is 5.97 Å². The van der Waals surface area contributed by atoms with Crippen LogP contribution in [0.4, 0.5) is 0 Å². The maximum atomic E-state index is 12.4. The highest BCUT2D eigenvalue weighted by Crippen LogP contribution is 2.57. The number of fused-ring (bicyclic) bond motifs is 1. The van der Waals surface area contributed by atoms with Crippen molar-refractivity contribution in [2.45, 2.75) is 77.7 Å². The van der Waals surface area contributed by atoms with Crippen LogP contribution in [-0.4, -0.2) is 11.6 Å².